The van der Waals surface area contributed by atoms with Gasteiger partial charge in [-0.2, -0.15) is 23.4 Å². The minimum atomic E-state index is -5.08. The molecule has 0 atom stereocenters. The third kappa shape index (κ3) is 6.08. The maximum absolute atomic E-state index is 10.6. The maximum atomic E-state index is 10.6. The lowest BCUT2D eigenvalue weighted by Gasteiger charge is -2.31. The third-order valence-corrected chi connectivity index (χ3v) is 4.99. The van der Waals surface area contributed by atoms with Gasteiger partial charge in [0, 0.05) is 37.1 Å². The normalized spacial score (nSPS) is 18.5. The number of H-pyrrole nitrogens is 1. The lowest BCUT2D eigenvalue weighted by molar-refractivity contribution is -0.192. The topological polar surface area (TPSA) is 87.0 Å². The summed E-state index contributed by atoms with van der Waals surface area (Å²) in [5, 5.41) is 19.1. The van der Waals surface area contributed by atoms with Crippen molar-refractivity contribution in [2.24, 2.45) is 5.92 Å². The standard InChI is InChI=1S/C16H23N5.C2HF3O2/c1-6-17-21(7-1)11-13-4-8-20(9-5-13)12-15-10-16(19-18-15)14-2-3-14;3-2(4,5)1(6)7/h1,6-7,10,13-14H,2-5,8-9,11-12H2,(H,18,19);(H,6,7). The lowest BCUT2D eigenvalue weighted by atomic mass is 9.97. The molecule has 3 heterocycles. The van der Waals surface area contributed by atoms with Crippen LogP contribution in [0.4, 0.5) is 13.2 Å². The number of alkyl halides is 3. The molecule has 2 fully saturated rings. The van der Waals surface area contributed by atoms with Gasteiger partial charge in [-0.05, 0) is 56.8 Å². The molecule has 2 aromatic rings. The molecule has 2 aliphatic rings. The first kappa shape index (κ1) is 20.4. The van der Waals surface area contributed by atoms with Gasteiger partial charge in [-0.1, -0.05) is 0 Å². The maximum Gasteiger partial charge on any atom is 0.490 e. The molecule has 7 nitrogen and oxygen atoms in total. The summed E-state index contributed by atoms with van der Waals surface area (Å²) in [6.45, 7) is 4.46. The average Bonchev–Trinajstić information content (AvgIpc) is 3.17. The number of carboxylic acids is 1. The molecule has 28 heavy (non-hydrogen) atoms. The summed E-state index contributed by atoms with van der Waals surface area (Å²) < 4.78 is 33.8. The largest absolute Gasteiger partial charge is 0.490 e. The Hall–Kier alpha value is -2.36. The fraction of sp³-hybridized carbons (Fsp3) is 0.611. The molecule has 0 aromatic carbocycles. The molecule has 1 saturated heterocycles. The molecule has 10 heteroatoms. The number of nitrogens with zero attached hydrogens (tertiary/aromatic N) is 4. The van der Waals surface area contributed by atoms with E-state index in [0.717, 1.165) is 24.9 Å². The van der Waals surface area contributed by atoms with Crippen molar-refractivity contribution >= 4 is 5.97 Å². The Balaban J connectivity index is 0.000000279. The van der Waals surface area contributed by atoms with E-state index in [1.54, 1.807) is 0 Å². The Morgan fingerprint density at radius 1 is 1.25 bits per heavy atom. The van der Waals surface area contributed by atoms with Crippen LogP contribution in [-0.4, -0.2) is 55.2 Å². The number of carbonyl (C=O) groups is 1. The van der Waals surface area contributed by atoms with Crippen LogP contribution in [0.15, 0.2) is 24.5 Å². The van der Waals surface area contributed by atoms with Gasteiger partial charge in [0.2, 0.25) is 0 Å². The first-order valence-corrected chi connectivity index (χ1v) is 9.35. The third-order valence-electron chi connectivity index (χ3n) is 4.99. The van der Waals surface area contributed by atoms with Gasteiger partial charge in [-0.15, -0.1) is 0 Å². The van der Waals surface area contributed by atoms with Crippen LogP contribution in [0.25, 0.3) is 0 Å². The van der Waals surface area contributed by atoms with Crippen LogP contribution in [0, 0.1) is 5.92 Å². The predicted octanol–water partition coefficient (Wildman–Crippen LogP) is 3.03. The summed E-state index contributed by atoms with van der Waals surface area (Å²) in [5.41, 5.74) is 2.56. The first-order chi connectivity index (χ1) is 13.3. The Kier molecular flexibility index (Phi) is 6.38. The lowest BCUT2D eigenvalue weighted by Crippen LogP contribution is -2.34. The number of nitrogens with one attached hydrogen (secondary N) is 1. The summed E-state index contributed by atoms with van der Waals surface area (Å²) in [4.78, 5) is 11.4. The average molecular weight is 399 g/mol. The van der Waals surface area contributed by atoms with Crippen LogP contribution in [0.2, 0.25) is 0 Å². The van der Waals surface area contributed by atoms with Crippen LogP contribution in [-0.2, 0) is 17.9 Å². The number of hydrogen-bond donors (Lipinski definition) is 2. The number of halogens is 3. The zero-order valence-electron chi connectivity index (χ0n) is 15.4. The van der Waals surface area contributed by atoms with Gasteiger partial charge >= 0.3 is 12.1 Å². The molecule has 0 amide bonds. The number of carboxylic acid groups (broad SMARTS) is 1. The number of aromatic nitrogens is 4. The number of aromatic amines is 1. The second-order valence-electron chi connectivity index (χ2n) is 7.34. The minimum absolute atomic E-state index is 0.745. The molecule has 0 unspecified atom stereocenters. The van der Waals surface area contributed by atoms with Crippen LogP contribution in [0.5, 0.6) is 0 Å². The predicted molar refractivity (Wildman–Crippen MR) is 94.5 cm³/mol. The molecular formula is C18H24F3N5O2. The van der Waals surface area contributed by atoms with Crippen LogP contribution in [0.3, 0.4) is 0 Å². The summed E-state index contributed by atoms with van der Waals surface area (Å²) in [5.74, 6) is -1.24. The quantitative estimate of drug-likeness (QED) is 0.807. The van der Waals surface area contributed by atoms with Gasteiger partial charge in [0.1, 0.15) is 0 Å². The van der Waals surface area contributed by atoms with Crippen molar-refractivity contribution in [3.05, 3.63) is 35.9 Å². The van der Waals surface area contributed by atoms with E-state index in [9.17, 15) is 13.2 Å². The summed E-state index contributed by atoms with van der Waals surface area (Å²) in [6.07, 6.45) is 4.03. The monoisotopic (exact) mass is 399 g/mol. The first-order valence-electron chi connectivity index (χ1n) is 9.35. The Morgan fingerprint density at radius 3 is 2.46 bits per heavy atom. The molecule has 1 aliphatic heterocycles. The van der Waals surface area contributed by atoms with E-state index >= 15 is 0 Å². The Morgan fingerprint density at radius 2 is 1.93 bits per heavy atom. The molecule has 2 N–H and O–H groups in total. The summed E-state index contributed by atoms with van der Waals surface area (Å²) in [6, 6.07) is 4.28. The number of hydrogen-bond acceptors (Lipinski definition) is 4. The molecule has 0 spiro atoms. The SMILES string of the molecule is O=C(O)C(F)(F)F.c1cnn(CC2CCN(Cc3cc(C4CC4)n[nH]3)CC2)c1. The van der Waals surface area contributed by atoms with Crippen LogP contribution in [0.1, 0.15) is 43.0 Å². The van der Waals surface area contributed by atoms with Crippen molar-refractivity contribution in [1.82, 2.24) is 24.9 Å². The van der Waals surface area contributed by atoms with Crippen LogP contribution < -0.4 is 0 Å². The van der Waals surface area contributed by atoms with Gasteiger partial charge in [0.15, 0.2) is 0 Å². The molecule has 1 aliphatic carbocycles. The van der Waals surface area contributed by atoms with E-state index in [4.69, 9.17) is 9.90 Å². The summed E-state index contributed by atoms with van der Waals surface area (Å²) >= 11 is 0. The fourth-order valence-corrected chi connectivity index (χ4v) is 3.29. The van der Waals surface area contributed by atoms with Crippen molar-refractivity contribution in [2.75, 3.05) is 13.1 Å². The van der Waals surface area contributed by atoms with Crippen molar-refractivity contribution in [3.8, 4) is 0 Å². The number of piperidine rings is 1. The smallest absolute Gasteiger partial charge is 0.475 e. The highest BCUT2D eigenvalue weighted by Gasteiger charge is 2.38. The van der Waals surface area contributed by atoms with Crippen molar-refractivity contribution in [2.45, 2.75) is 50.9 Å². The molecule has 4 rings (SSSR count). The molecule has 1 saturated carbocycles. The highest BCUT2D eigenvalue weighted by molar-refractivity contribution is 5.73. The zero-order valence-corrected chi connectivity index (χ0v) is 15.4. The Labute approximate surface area is 160 Å². The highest BCUT2D eigenvalue weighted by Crippen LogP contribution is 2.39. The second kappa shape index (κ2) is 8.76. The van der Waals surface area contributed by atoms with E-state index < -0.39 is 12.1 Å². The van der Waals surface area contributed by atoms with E-state index in [2.05, 4.69) is 37.1 Å². The van der Waals surface area contributed by atoms with E-state index in [1.807, 2.05) is 12.3 Å². The Bertz CT molecular complexity index is 748. The minimum Gasteiger partial charge on any atom is -0.475 e. The van der Waals surface area contributed by atoms with Gasteiger partial charge in [-0.25, -0.2) is 4.79 Å². The van der Waals surface area contributed by atoms with Crippen molar-refractivity contribution in [3.63, 3.8) is 0 Å². The van der Waals surface area contributed by atoms with Gasteiger partial charge in [0.25, 0.3) is 0 Å². The second-order valence-corrected chi connectivity index (χ2v) is 7.34. The van der Waals surface area contributed by atoms with E-state index in [-0.39, 0.29) is 0 Å². The molecule has 0 radical (unpaired) electrons. The molecule has 0 bridgehead atoms. The van der Waals surface area contributed by atoms with Crippen molar-refractivity contribution < 1.29 is 23.1 Å². The molecule has 2 aromatic heterocycles. The van der Waals surface area contributed by atoms with Crippen molar-refractivity contribution in [1.29, 1.82) is 0 Å². The number of aliphatic carboxylic acids is 1. The van der Waals surface area contributed by atoms with Crippen LogP contribution >= 0.6 is 0 Å². The van der Waals surface area contributed by atoms with E-state index in [0.29, 0.717) is 0 Å². The number of likely N-dealkylation sites (tertiary alicyclic amines) is 1. The van der Waals surface area contributed by atoms with E-state index in [1.165, 1.54) is 50.2 Å². The van der Waals surface area contributed by atoms with Gasteiger partial charge < -0.3 is 5.11 Å². The highest BCUT2D eigenvalue weighted by atomic mass is 19.4. The fourth-order valence-electron chi connectivity index (χ4n) is 3.29. The molecular weight excluding hydrogens is 375 g/mol. The molecule has 154 valence electrons. The summed E-state index contributed by atoms with van der Waals surface area (Å²) in [7, 11) is 0. The zero-order chi connectivity index (χ0) is 20.1. The van der Waals surface area contributed by atoms with Gasteiger partial charge in [0.05, 0.1) is 5.69 Å². The number of rotatable bonds is 5. The van der Waals surface area contributed by atoms with Gasteiger partial charge in [-0.3, -0.25) is 14.7 Å².